The Kier molecular flexibility index (Phi) is 8.16. The molecule has 3 amide bonds. The minimum atomic E-state index is -4.52. The fourth-order valence-corrected chi connectivity index (χ4v) is 8.47. The number of methoxy groups -OCH3 is 1. The van der Waals surface area contributed by atoms with Crippen LogP contribution in [0.2, 0.25) is 5.02 Å². The van der Waals surface area contributed by atoms with E-state index in [2.05, 4.69) is 31.5 Å². The first kappa shape index (κ1) is 30.5. The lowest BCUT2D eigenvalue weighted by atomic mass is 9.96. The largest absolute Gasteiger partial charge is 0.495 e. The average molecular weight is 703 g/mol. The van der Waals surface area contributed by atoms with E-state index in [9.17, 15) is 22.8 Å². The molecule has 11 nitrogen and oxygen atoms in total. The highest BCUT2D eigenvalue weighted by Crippen LogP contribution is 2.43. The van der Waals surface area contributed by atoms with Crippen molar-refractivity contribution in [2.45, 2.75) is 47.3 Å². The van der Waals surface area contributed by atoms with E-state index in [-0.39, 0.29) is 52.7 Å². The molecule has 3 atom stereocenters. The maximum absolute atomic E-state index is 14.9. The fraction of sp³-hybridized carbons (Fsp3) is 0.333. The highest BCUT2D eigenvalue weighted by molar-refractivity contribution is 9.10. The third-order valence-electron chi connectivity index (χ3n) is 8.19. The topological polar surface area (TPSA) is 138 Å². The van der Waals surface area contributed by atoms with Crippen molar-refractivity contribution >= 4 is 55.1 Å². The first-order chi connectivity index (χ1) is 21.1. The average Bonchev–Trinajstić information content (AvgIpc) is 3.87. The molecule has 0 bridgehead atoms. The zero-order valence-electron chi connectivity index (χ0n) is 23.6. The second-order valence-corrected chi connectivity index (χ2v) is 14.5. The van der Waals surface area contributed by atoms with E-state index in [0.717, 1.165) is 27.8 Å². The molecule has 2 N–H and O–H groups in total. The summed E-state index contributed by atoms with van der Waals surface area (Å²) in [6.45, 7) is -0.512. The van der Waals surface area contributed by atoms with E-state index in [1.54, 1.807) is 17.0 Å². The highest BCUT2D eigenvalue weighted by atomic mass is 79.9. The van der Waals surface area contributed by atoms with Crippen molar-refractivity contribution in [2.75, 3.05) is 20.2 Å². The number of nitrogens with one attached hydrogen (secondary N) is 2. The van der Waals surface area contributed by atoms with E-state index in [0.29, 0.717) is 0 Å². The number of benzene rings is 2. The van der Waals surface area contributed by atoms with Gasteiger partial charge in [-0.15, -0.1) is 0 Å². The summed E-state index contributed by atoms with van der Waals surface area (Å²) in [5.41, 5.74) is 0.958. The van der Waals surface area contributed by atoms with Gasteiger partial charge in [-0.3, -0.25) is 29.6 Å². The molecular weight excluding hydrogens is 674 g/mol. The first-order valence-corrected chi connectivity index (χ1v) is 16.6. The summed E-state index contributed by atoms with van der Waals surface area (Å²) in [7, 11) is -3.17. The van der Waals surface area contributed by atoms with Gasteiger partial charge in [0.05, 0.1) is 19.2 Å². The Morgan fingerprint density at radius 1 is 1.16 bits per heavy atom. The summed E-state index contributed by atoms with van der Waals surface area (Å²) in [6.07, 6.45) is 4.39. The van der Waals surface area contributed by atoms with Crippen LogP contribution in [0.3, 0.4) is 0 Å². The van der Waals surface area contributed by atoms with Crippen molar-refractivity contribution in [3.63, 3.8) is 0 Å². The fourth-order valence-electron chi connectivity index (χ4n) is 5.85. The van der Waals surface area contributed by atoms with Gasteiger partial charge >= 0.3 is 0 Å². The number of carbonyl (C=O) groups is 3. The Morgan fingerprint density at radius 2 is 1.91 bits per heavy atom. The number of piperazine rings is 1. The van der Waals surface area contributed by atoms with Gasteiger partial charge in [0.2, 0.25) is 26.6 Å². The summed E-state index contributed by atoms with van der Waals surface area (Å²) in [5.74, 6) is -1.56. The molecule has 3 aliphatic rings. The number of amides is 3. The number of rotatable bonds is 8. The monoisotopic (exact) mass is 701 g/mol. The normalized spacial score (nSPS) is 23.7. The SMILES string of the molecule is COc1ccc(Cl)cc1S(=O)(=O)C12CN(C3CC3)C(=O)C(Cc3ccc(Br)cc3)N1C(=O)C(NC(=O)c1cccnc1)CN2. The number of hydrogen-bond donors (Lipinski definition) is 2. The number of sulfone groups is 1. The quantitative estimate of drug-likeness (QED) is 0.366. The van der Waals surface area contributed by atoms with Crippen LogP contribution in [0.25, 0.3) is 0 Å². The number of nitrogens with zero attached hydrogens (tertiary/aromatic N) is 3. The highest BCUT2D eigenvalue weighted by Gasteiger charge is 2.64. The number of ether oxygens (including phenoxy) is 1. The van der Waals surface area contributed by atoms with Crippen LogP contribution in [0, 0.1) is 0 Å². The third-order valence-corrected chi connectivity index (χ3v) is 11.2. The summed E-state index contributed by atoms with van der Waals surface area (Å²) < 4.78 is 36.0. The second-order valence-electron chi connectivity index (χ2n) is 11.0. The number of pyridine rings is 1. The van der Waals surface area contributed by atoms with Gasteiger partial charge in [0, 0.05) is 40.9 Å². The number of hydrogen-bond acceptors (Lipinski definition) is 8. The molecule has 14 heteroatoms. The van der Waals surface area contributed by atoms with Gasteiger partial charge in [0.25, 0.3) is 5.91 Å². The van der Waals surface area contributed by atoms with Gasteiger partial charge < -0.3 is 15.0 Å². The molecule has 44 heavy (non-hydrogen) atoms. The minimum Gasteiger partial charge on any atom is -0.495 e. The molecule has 230 valence electrons. The molecule has 2 aliphatic heterocycles. The van der Waals surface area contributed by atoms with E-state index < -0.39 is 38.7 Å². The lowest BCUT2D eigenvalue weighted by Gasteiger charge is -2.56. The standard InChI is InChI=1S/C30H29BrClN5O6S/c1-43-25-11-8-21(32)14-26(25)44(41,42)30-17-36(22-9-10-22)29(40)24(13-18-4-6-20(31)7-5-18)37(30)28(39)23(16-34-30)35-27(38)19-3-2-12-33-15-19/h2-8,11-12,14-15,22-24,34H,9-10,13,16-17H2,1H3,(H,35,38). The van der Waals surface area contributed by atoms with Crippen LogP contribution in [0.15, 0.2) is 76.4 Å². The van der Waals surface area contributed by atoms with Crippen molar-refractivity contribution in [2.24, 2.45) is 0 Å². The van der Waals surface area contributed by atoms with E-state index in [1.807, 2.05) is 24.3 Å². The number of fused-ring (bicyclic) bond motifs is 1. The summed E-state index contributed by atoms with van der Waals surface area (Å²) in [4.78, 5) is 46.1. The van der Waals surface area contributed by atoms with Gasteiger partial charge in [-0.2, -0.15) is 0 Å². The summed E-state index contributed by atoms with van der Waals surface area (Å²) >= 11 is 9.70. The zero-order chi connectivity index (χ0) is 31.2. The van der Waals surface area contributed by atoms with E-state index >= 15 is 0 Å². The Bertz CT molecular complexity index is 1720. The van der Waals surface area contributed by atoms with E-state index in [4.69, 9.17) is 16.3 Å². The van der Waals surface area contributed by atoms with Gasteiger partial charge in [0.15, 0.2) is 0 Å². The zero-order valence-corrected chi connectivity index (χ0v) is 26.7. The molecular formula is C30H29BrClN5O6S. The Hall–Kier alpha value is -3.52. The summed E-state index contributed by atoms with van der Waals surface area (Å²) in [5, 5.41) is 5.99. The van der Waals surface area contributed by atoms with Crippen molar-refractivity contribution in [3.05, 3.63) is 87.6 Å². The minimum absolute atomic E-state index is 0.0457. The molecule has 0 radical (unpaired) electrons. The summed E-state index contributed by atoms with van der Waals surface area (Å²) in [6, 6.07) is 12.1. The van der Waals surface area contributed by atoms with Crippen LogP contribution in [-0.4, -0.2) is 84.2 Å². The molecule has 2 saturated heterocycles. The number of halogens is 2. The molecule has 1 saturated carbocycles. The Balaban J connectivity index is 1.48. The van der Waals surface area contributed by atoms with Crippen LogP contribution >= 0.6 is 27.5 Å². The lowest BCUT2D eigenvalue weighted by Crippen LogP contribution is -2.83. The smallest absolute Gasteiger partial charge is 0.253 e. The van der Waals surface area contributed by atoms with Gasteiger partial charge in [0.1, 0.15) is 22.7 Å². The first-order valence-electron chi connectivity index (χ1n) is 14.0. The molecule has 3 unspecified atom stereocenters. The lowest BCUT2D eigenvalue weighted by molar-refractivity contribution is -0.165. The molecule has 3 fully saturated rings. The van der Waals surface area contributed by atoms with Crippen LogP contribution in [-0.2, 0) is 25.8 Å². The molecule has 0 spiro atoms. The molecule has 3 aromatic rings. The van der Waals surface area contributed by atoms with Crippen LogP contribution in [0.1, 0.15) is 28.8 Å². The Labute approximate surface area is 268 Å². The van der Waals surface area contributed by atoms with Crippen LogP contribution < -0.4 is 15.4 Å². The Morgan fingerprint density at radius 3 is 2.57 bits per heavy atom. The van der Waals surface area contributed by atoms with Gasteiger partial charge in [-0.1, -0.05) is 39.7 Å². The molecule has 6 rings (SSSR count). The molecule has 1 aliphatic carbocycles. The molecule has 3 heterocycles. The number of carbonyl (C=O) groups excluding carboxylic acids is 3. The van der Waals surface area contributed by atoms with Crippen molar-refractivity contribution in [3.8, 4) is 5.75 Å². The maximum atomic E-state index is 14.9. The predicted octanol–water partition coefficient (Wildman–Crippen LogP) is 2.78. The second kappa shape index (κ2) is 11.8. The van der Waals surface area contributed by atoms with Crippen LogP contribution in [0.4, 0.5) is 0 Å². The molecule has 1 aromatic heterocycles. The van der Waals surface area contributed by atoms with Crippen LogP contribution in [0.5, 0.6) is 5.75 Å². The maximum Gasteiger partial charge on any atom is 0.253 e. The van der Waals surface area contributed by atoms with Crippen molar-refractivity contribution < 1.29 is 27.5 Å². The van der Waals surface area contributed by atoms with Crippen molar-refractivity contribution in [1.29, 1.82) is 0 Å². The van der Waals surface area contributed by atoms with Gasteiger partial charge in [-0.05, 0) is 60.9 Å². The molecule has 2 aromatic carbocycles. The van der Waals surface area contributed by atoms with Crippen molar-refractivity contribution in [1.82, 2.24) is 25.4 Å². The predicted molar refractivity (Wildman–Crippen MR) is 165 cm³/mol. The van der Waals surface area contributed by atoms with E-state index in [1.165, 1.54) is 37.7 Å². The number of aromatic nitrogens is 1. The van der Waals surface area contributed by atoms with Gasteiger partial charge in [-0.25, -0.2) is 8.42 Å². The third kappa shape index (κ3) is 5.35.